The van der Waals surface area contributed by atoms with Crippen molar-refractivity contribution in [3.8, 4) is 0 Å². The van der Waals surface area contributed by atoms with Gasteiger partial charge in [0.1, 0.15) is 11.4 Å². The summed E-state index contributed by atoms with van der Waals surface area (Å²) < 4.78 is 19.1. The summed E-state index contributed by atoms with van der Waals surface area (Å²) in [4.78, 5) is 40.6. The Morgan fingerprint density at radius 1 is 1.18 bits per heavy atom. The molecule has 2 aromatic rings. The summed E-state index contributed by atoms with van der Waals surface area (Å²) in [5, 5.41) is 10.8. The predicted octanol–water partition coefficient (Wildman–Crippen LogP) is 5.38. The van der Waals surface area contributed by atoms with Gasteiger partial charge in [-0.3, -0.25) is 9.59 Å². The molecule has 1 N–H and O–H groups in total. The largest absolute Gasteiger partial charge is 0.479 e. The molecule has 1 aliphatic rings. The maximum Gasteiger partial charge on any atom is 0.329 e. The lowest BCUT2D eigenvalue weighted by Gasteiger charge is -2.39. The van der Waals surface area contributed by atoms with Crippen molar-refractivity contribution in [1.29, 1.82) is 0 Å². The molecule has 0 spiro atoms. The highest BCUT2D eigenvalue weighted by atomic mass is 35.5. The van der Waals surface area contributed by atoms with Gasteiger partial charge in [-0.1, -0.05) is 49.2 Å². The molecule has 1 aliphatic heterocycles. The number of nitrogens with zero attached hydrogens (tertiary/aromatic N) is 1. The first kappa shape index (κ1) is 25.0. The summed E-state index contributed by atoms with van der Waals surface area (Å²) in [7, 11) is 1.19. The van der Waals surface area contributed by atoms with E-state index in [0.29, 0.717) is 5.56 Å². The number of hydrogen-bond donors (Lipinski definition) is 1. The Balaban J connectivity index is 2.28. The molecule has 176 valence electrons. The zero-order chi connectivity index (χ0) is 24.5. The Morgan fingerprint density at radius 2 is 1.88 bits per heavy atom. The summed E-state index contributed by atoms with van der Waals surface area (Å²) in [5.74, 6) is -4.30. The van der Waals surface area contributed by atoms with E-state index in [-0.39, 0.29) is 34.4 Å². The number of aliphatic carboxylic acids is 1. The van der Waals surface area contributed by atoms with E-state index in [1.807, 2.05) is 13.8 Å². The molecule has 0 aromatic heterocycles. The first-order valence-corrected chi connectivity index (χ1v) is 11.1. The highest BCUT2D eigenvalue weighted by molar-refractivity contribution is 6.42. The molecule has 2 aromatic carbocycles. The molecule has 1 fully saturated rings. The lowest BCUT2D eigenvalue weighted by Crippen LogP contribution is -2.54. The van der Waals surface area contributed by atoms with Crippen molar-refractivity contribution in [3.05, 3.63) is 69.5 Å². The number of halogens is 3. The second kappa shape index (κ2) is 9.69. The molecular formula is C24H24Cl2FNO5. The van der Waals surface area contributed by atoms with Crippen LogP contribution in [-0.2, 0) is 14.3 Å². The van der Waals surface area contributed by atoms with Crippen LogP contribution < -0.4 is 0 Å². The highest BCUT2D eigenvalue weighted by Crippen LogP contribution is 2.51. The molecule has 1 amide bonds. The number of hydrogen-bond acceptors (Lipinski definition) is 4. The predicted molar refractivity (Wildman–Crippen MR) is 122 cm³/mol. The van der Waals surface area contributed by atoms with Crippen LogP contribution in [0.4, 0.5) is 4.39 Å². The fraction of sp³-hybridized carbons (Fsp3) is 0.375. The minimum Gasteiger partial charge on any atom is -0.479 e. The van der Waals surface area contributed by atoms with E-state index >= 15 is 0 Å². The normalized spacial score (nSPS) is 22.5. The minimum atomic E-state index is -1.73. The van der Waals surface area contributed by atoms with Gasteiger partial charge < -0.3 is 14.7 Å². The van der Waals surface area contributed by atoms with Crippen LogP contribution in [0.5, 0.6) is 0 Å². The smallest absolute Gasteiger partial charge is 0.329 e. The molecule has 0 radical (unpaired) electrons. The van der Waals surface area contributed by atoms with Gasteiger partial charge in [-0.05, 0) is 54.7 Å². The first-order valence-electron chi connectivity index (χ1n) is 10.4. The Morgan fingerprint density at radius 3 is 2.42 bits per heavy atom. The molecule has 0 bridgehead atoms. The minimum absolute atomic E-state index is 0.0781. The van der Waals surface area contributed by atoms with Crippen molar-refractivity contribution >= 4 is 41.0 Å². The quantitative estimate of drug-likeness (QED) is 0.543. The average Bonchev–Trinajstić information content (AvgIpc) is 3.10. The SMILES string of the molecule is COC(=O)C1CC(CC(C)C)(C(=O)O)N(C(=O)c2ccc(Cl)c(Cl)c2)C1c1cccc(F)c1. The molecule has 0 aliphatic carbocycles. The van der Waals surface area contributed by atoms with E-state index in [9.17, 15) is 23.9 Å². The second-order valence-corrected chi connectivity index (χ2v) is 9.39. The number of ether oxygens (including phenoxy) is 1. The lowest BCUT2D eigenvalue weighted by atomic mass is 9.83. The number of carbonyl (C=O) groups excluding carboxylic acids is 2. The van der Waals surface area contributed by atoms with E-state index in [4.69, 9.17) is 27.9 Å². The van der Waals surface area contributed by atoms with Gasteiger partial charge in [0.25, 0.3) is 5.91 Å². The summed E-state index contributed by atoms with van der Waals surface area (Å²) >= 11 is 12.1. The Kier molecular flexibility index (Phi) is 7.34. The fourth-order valence-corrected chi connectivity index (χ4v) is 4.98. The van der Waals surface area contributed by atoms with Gasteiger partial charge in [-0.25, -0.2) is 9.18 Å². The summed E-state index contributed by atoms with van der Waals surface area (Å²) in [6, 6.07) is 8.60. The Hall–Kier alpha value is -2.64. The maximum absolute atomic E-state index is 14.2. The van der Waals surface area contributed by atoms with Gasteiger partial charge in [0.15, 0.2) is 0 Å². The third-order valence-corrected chi connectivity index (χ3v) is 6.64. The van der Waals surface area contributed by atoms with Crippen LogP contribution in [0.2, 0.25) is 10.0 Å². The molecule has 3 unspecified atom stereocenters. The van der Waals surface area contributed by atoms with E-state index in [2.05, 4.69) is 0 Å². The van der Waals surface area contributed by atoms with Crippen LogP contribution in [0.15, 0.2) is 42.5 Å². The number of amides is 1. The van der Waals surface area contributed by atoms with E-state index < -0.39 is 41.2 Å². The van der Waals surface area contributed by atoms with E-state index in [1.54, 1.807) is 6.07 Å². The number of methoxy groups -OCH3 is 1. The lowest BCUT2D eigenvalue weighted by molar-refractivity contribution is -0.150. The van der Waals surface area contributed by atoms with Gasteiger partial charge in [0.2, 0.25) is 0 Å². The monoisotopic (exact) mass is 495 g/mol. The van der Waals surface area contributed by atoms with Crippen LogP contribution in [0.25, 0.3) is 0 Å². The van der Waals surface area contributed by atoms with Gasteiger partial charge in [-0.2, -0.15) is 0 Å². The maximum atomic E-state index is 14.2. The molecule has 1 heterocycles. The van der Waals surface area contributed by atoms with Gasteiger partial charge in [0, 0.05) is 5.56 Å². The molecule has 0 saturated carbocycles. The molecular weight excluding hydrogens is 472 g/mol. The van der Waals surface area contributed by atoms with Crippen molar-refractivity contribution in [1.82, 2.24) is 4.90 Å². The number of esters is 1. The van der Waals surface area contributed by atoms with Crippen LogP contribution in [-0.4, -0.2) is 40.5 Å². The molecule has 6 nitrogen and oxygen atoms in total. The van der Waals surface area contributed by atoms with Crippen LogP contribution >= 0.6 is 23.2 Å². The molecule has 33 heavy (non-hydrogen) atoms. The van der Waals surface area contributed by atoms with Crippen LogP contribution in [0.3, 0.4) is 0 Å². The number of likely N-dealkylation sites (tertiary alicyclic amines) is 1. The Bertz CT molecular complexity index is 1090. The van der Waals surface area contributed by atoms with Crippen LogP contribution in [0.1, 0.15) is 48.7 Å². The fourth-order valence-electron chi connectivity index (χ4n) is 4.68. The molecule has 9 heteroatoms. The first-order chi connectivity index (χ1) is 15.5. The Labute approximate surface area is 201 Å². The third kappa shape index (κ3) is 4.70. The van der Waals surface area contributed by atoms with Crippen molar-refractivity contribution in [3.63, 3.8) is 0 Å². The number of benzene rings is 2. The number of rotatable bonds is 6. The average molecular weight is 496 g/mol. The zero-order valence-electron chi connectivity index (χ0n) is 18.3. The van der Waals surface area contributed by atoms with Crippen LogP contribution in [0, 0.1) is 17.7 Å². The van der Waals surface area contributed by atoms with E-state index in [1.165, 1.54) is 48.4 Å². The van der Waals surface area contributed by atoms with Gasteiger partial charge in [-0.15, -0.1) is 0 Å². The van der Waals surface area contributed by atoms with Crippen molar-refractivity contribution in [2.75, 3.05) is 7.11 Å². The third-order valence-electron chi connectivity index (χ3n) is 5.90. The van der Waals surface area contributed by atoms with Gasteiger partial charge >= 0.3 is 11.9 Å². The summed E-state index contributed by atoms with van der Waals surface area (Å²) in [6.45, 7) is 3.66. The molecule has 1 saturated heterocycles. The number of carboxylic acids is 1. The van der Waals surface area contributed by atoms with Crippen molar-refractivity contribution in [2.24, 2.45) is 11.8 Å². The second-order valence-electron chi connectivity index (χ2n) is 8.57. The van der Waals surface area contributed by atoms with E-state index in [0.717, 1.165) is 0 Å². The van der Waals surface area contributed by atoms with Gasteiger partial charge in [0.05, 0.1) is 29.1 Å². The summed E-state index contributed by atoms with van der Waals surface area (Å²) in [5.41, 5.74) is -1.33. The zero-order valence-corrected chi connectivity index (χ0v) is 19.9. The van der Waals surface area contributed by atoms with Crippen molar-refractivity contribution in [2.45, 2.75) is 38.3 Å². The standard InChI is InChI=1S/C24H24Cl2FNO5/c1-13(2)11-24(23(31)32)12-17(22(30)33-3)20(14-5-4-6-16(27)9-14)28(24)21(29)15-7-8-18(25)19(26)10-15/h4-10,13,17,20H,11-12H2,1-3H3,(H,31,32). The van der Waals surface area contributed by atoms with Crippen molar-refractivity contribution < 1.29 is 28.6 Å². The molecule has 3 rings (SSSR count). The topological polar surface area (TPSA) is 83.9 Å². The number of carboxylic acid groups (broad SMARTS) is 1. The number of carbonyl (C=O) groups is 3. The highest BCUT2D eigenvalue weighted by Gasteiger charge is 2.61. The molecule has 3 atom stereocenters. The summed E-state index contributed by atoms with van der Waals surface area (Å²) in [6.07, 6.45) is -0.101.